The van der Waals surface area contributed by atoms with Crippen LogP contribution in [0, 0.1) is 5.95 Å². The van der Waals surface area contributed by atoms with E-state index in [2.05, 4.69) is 17.1 Å². The third-order valence-electron chi connectivity index (χ3n) is 6.14. The van der Waals surface area contributed by atoms with Gasteiger partial charge in [-0.05, 0) is 54.7 Å². The number of imidazole rings is 1. The lowest BCUT2D eigenvalue weighted by Crippen LogP contribution is -2.48. The van der Waals surface area contributed by atoms with Crippen LogP contribution in [0.15, 0.2) is 36.5 Å². The Kier molecular flexibility index (Phi) is 4.67. The van der Waals surface area contributed by atoms with Gasteiger partial charge in [0.2, 0.25) is 5.95 Å². The summed E-state index contributed by atoms with van der Waals surface area (Å²) in [5.41, 5.74) is 2.15. The van der Waals surface area contributed by atoms with Crippen molar-refractivity contribution in [3.63, 3.8) is 0 Å². The largest absolute Gasteiger partial charge is 0.497 e. The predicted octanol–water partition coefficient (Wildman–Crippen LogP) is 3.84. The molecule has 0 N–H and O–H groups in total. The average Bonchev–Trinajstić information content (AvgIpc) is 3.09. The summed E-state index contributed by atoms with van der Waals surface area (Å²) in [5, 5.41) is 0.377. The molecule has 5 rings (SSSR count). The van der Waals surface area contributed by atoms with Crippen molar-refractivity contribution in [2.45, 2.75) is 24.9 Å². The number of ether oxygens (including phenoxy) is 2. The number of hydrogen-bond donors (Lipinski definition) is 0. The molecule has 0 unspecified atom stereocenters. The molecule has 3 aromatic rings. The zero-order valence-corrected chi connectivity index (χ0v) is 17.3. The highest BCUT2D eigenvalue weighted by Gasteiger charge is 2.42. The van der Waals surface area contributed by atoms with E-state index >= 15 is 0 Å². The first kappa shape index (κ1) is 19.3. The summed E-state index contributed by atoms with van der Waals surface area (Å²) in [7, 11) is 1.66. The van der Waals surface area contributed by atoms with Crippen LogP contribution in [-0.4, -0.2) is 47.0 Å². The van der Waals surface area contributed by atoms with Crippen molar-refractivity contribution in [2.24, 2.45) is 0 Å². The van der Waals surface area contributed by atoms with Gasteiger partial charge in [-0.3, -0.25) is 9.20 Å². The molecule has 0 atom stereocenters. The Balaban J connectivity index is 1.38. The summed E-state index contributed by atoms with van der Waals surface area (Å²) >= 11 is 5.94. The molecule has 1 fully saturated rings. The van der Waals surface area contributed by atoms with Gasteiger partial charge in [0.15, 0.2) is 5.69 Å². The van der Waals surface area contributed by atoms with Crippen molar-refractivity contribution in [1.82, 2.24) is 14.3 Å². The van der Waals surface area contributed by atoms with Crippen LogP contribution in [0.4, 0.5) is 4.39 Å². The van der Waals surface area contributed by atoms with Crippen LogP contribution in [0.2, 0.25) is 5.02 Å². The van der Waals surface area contributed by atoms with Crippen molar-refractivity contribution in [3.05, 3.63) is 64.3 Å². The average molecular weight is 430 g/mol. The number of hydrogen-bond acceptors (Lipinski definition) is 4. The Morgan fingerprint density at radius 1 is 1.27 bits per heavy atom. The molecule has 30 heavy (non-hydrogen) atoms. The highest BCUT2D eigenvalue weighted by molar-refractivity contribution is 6.30. The fourth-order valence-electron chi connectivity index (χ4n) is 4.54. The number of amides is 1. The molecule has 4 heterocycles. The minimum absolute atomic E-state index is 0.178. The summed E-state index contributed by atoms with van der Waals surface area (Å²) < 4.78 is 27.6. The fraction of sp³-hybridized carbons (Fsp3) is 0.364. The second-order valence-electron chi connectivity index (χ2n) is 7.73. The standard InChI is InChI=1S/C22H21ClFN3O3/c1-29-16-3-4-17-14(12-16)6-11-30-22(17)7-9-26(10-8-22)21(28)19-20(24)27-13-15(23)2-5-18(27)25-19/h2-5,12-13H,6-11H2,1H3. The minimum atomic E-state index is -0.691. The Bertz CT molecular complexity index is 1140. The van der Waals surface area contributed by atoms with Gasteiger partial charge < -0.3 is 14.4 Å². The van der Waals surface area contributed by atoms with E-state index < -0.39 is 17.5 Å². The summed E-state index contributed by atoms with van der Waals surface area (Å²) in [4.78, 5) is 18.8. The van der Waals surface area contributed by atoms with Crippen LogP contribution in [0.1, 0.15) is 34.5 Å². The molecule has 1 spiro atoms. The van der Waals surface area contributed by atoms with Crippen molar-refractivity contribution < 1.29 is 18.7 Å². The third-order valence-corrected chi connectivity index (χ3v) is 6.36. The van der Waals surface area contributed by atoms with Gasteiger partial charge in [-0.2, -0.15) is 4.39 Å². The zero-order chi connectivity index (χ0) is 20.9. The number of piperidine rings is 1. The van der Waals surface area contributed by atoms with Crippen LogP contribution in [0.3, 0.4) is 0 Å². The first-order valence-electron chi connectivity index (χ1n) is 9.94. The van der Waals surface area contributed by atoms with E-state index in [1.54, 1.807) is 24.1 Å². The SMILES string of the molecule is COc1ccc2c(c1)CCOC21CCN(C(=O)c2nc3ccc(Cl)cn3c2F)CC1. The number of aromatic nitrogens is 2. The Morgan fingerprint density at radius 2 is 2.07 bits per heavy atom. The Hall–Kier alpha value is -2.64. The van der Waals surface area contributed by atoms with Crippen molar-refractivity contribution in [3.8, 4) is 5.75 Å². The molecule has 8 heteroatoms. The van der Waals surface area contributed by atoms with E-state index in [0.717, 1.165) is 17.7 Å². The Labute approximate surface area is 178 Å². The summed E-state index contributed by atoms with van der Waals surface area (Å²) in [6.45, 7) is 1.58. The number of halogens is 2. The fourth-order valence-corrected chi connectivity index (χ4v) is 4.70. The van der Waals surface area contributed by atoms with Gasteiger partial charge in [0.05, 0.1) is 24.3 Å². The summed E-state index contributed by atoms with van der Waals surface area (Å²) in [6.07, 6.45) is 3.56. The molecule has 1 saturated heterocycles. The smallest absolute Gasteiger partial charge is 0.277 e. The molecule has 2 aliphatic heterocycles. The highest BCUT2D eigenvalue weighted by Crippen LogP contribution is 2.42. The summed E-state index contributed by atoms with van der Waals surface area (Å²) in [5.74, 6) is -0.266. The third kappa shape index (κ3) is 3.04. The van der Waals surface area contributed by atoms with E-state index in [1.807, 2.05) is 6.07 Å². The number of benzene rings is 1. The molecule has 6 nitrogen and oxygen atoms in total. The second kappa shape index (κ2) is 7.25. The molecule has 1 aromatic carbocycles. The maximum Gasteiger partial charge on any atom is 0.277 e. The minimum Gasteiger partial charge on any atom is -0.497 e. The molecule has 156 valence electrons. The quantitative estimate of drug-likeness (QED) is 0.621. The lowest BCUT2D eigenvalue weighted by atomic mass is 9.79. The monoisotopic (exact) mass is 429 g/mol. The lowest BCUT2D eigenvalue weighted by Gasteiger charge is -2.45. The van der Waals surface area contributed by atoms with Gasteiger partial charge in [-0.25, -0.2) is 4.98 Å². The number of methoxy groups -OCH3 is 1. The van der Waals surface area contributed by atoms with Gasteiger partial charge in [0.25, 0.3) is 5.91 Å². The van der Waals surface area contributed by atoms with Crippen LogP contribution in [-0.2, 0) is 16.8 Å². The topological polar surface area (TPSA) is 56.1 Å². The molecule has 0 radical (unpaired) electrons. The maximum absolute atomic E-state index is 14.8. The van der Waals surface area contributed by atoms with Gasteiger partial charge in [-0.15, -0.1) is 0 Å². The molecule has 0 aliphatic carbocycles. The van der Waals surface area contributed by atoms with Crippen molar-refractivity contribution >= 4 is 23.2 Å². The van der Waals surface area contributed by atoms with Gasteiger partial charge in [0, 0.05) is 19.3 Å². The number of carbonyl (C=O) groups is 1. The number of fused-ring (bicyclic) bond motifs is 3. The van der Waals surface area contributed by atoms with Crippen molar-refractivity contribution in [2.75, 3.05) is 26.8 Å². The van der Waals surface area contributed by atoms with E-state index in [1.165, 1.54) is 16.2 Å². The molecular formula is C22H21ClFN3O3. The number of likely N-dealkylation sites (tertiary alicyclic amines) is 1. The molecule has 2 aliphatic rings. The second-order valence-corrected chi connectivity index (χ2v) is 8.17. The number of pyridine rings is 1. The van der Waals surface area contributed by atoms with E-state index in [-0.39, 0.29) is 5.69 Å². The molecule has 0 bridgehead atoms. The normalized spacial score (nSPS) is 17.9. The van der Waals surface area contributed by atoms with Gasteiger partial charge in [-0.1, -0.05) is 17.7 Å². The van der Waals surface area contributed by atoms with Crippen molar-refractivity contribution in [1.29, 1.82) is 0 Å². The lowest BCUT2D eigenvalue weighted by molar-refractivity contribution is -0.0936. The maximum atomic E-state index is 14.8. The first-order valence-corrected chi connectivity index (χ1v) is 10.3. The van der Waals surface area contributed by atoms with Gasteiger partial charge >= 0.3 is 0 Å². The zero-order valence-electron chi connectivity index (χ0n) is 16.5. The van der Waals surface area contributed by atoms with E-state index in [9.17, 15) is 9.18 Å². The predicted molar refractivity (Wildman–Crippen MR) is 110 cm³/mol. The van der Waals surface area contributed by atoms with Crippen LogP contribution < -0.4 is 4.74 Å². The number of carbonyl (C=O) groups excluding carboxylic acids is 1. The molecular weight excluding hydrogens is 409 g/mol. The van der Waals surface area contributed by atoms with E-state index in [0.29, 0.717) is 43.2 Å². The molecule has 2 aromatic heterocycles. The van der Waals surface area contributed by atoms with Gasteiger partial charge in [0.1, 0.15) is 11.4 Å². The van der Waals surface area contributed by atoms with E-state index in [4.69, 9.17) is 21.1 Å². The summed E-state index contributed by atoms with van der Waals surface area (Å²) in [6, 6.07) is 9.29. The Morgan fingerprint density at radius 3 is 2.83 bits per heavy atom. The number of nitrogens with zero attached hydrogens (tertiary/aromatic N) is 3. The molecule has 0 saturated carbocycles. The van der Waals surface area contributed by atoms with Crippen LogP contribution >= 0.6 is 11.6 Å². The number of rotatable bonds is 2. The first-order chi connectivity index (χ1) is 14.5. The molecule has 1 amide bonds. The van der Waals surface area contributed by atoms with Crippen LogP contribution in [0.5, 0.6) is 5.75 Å². The highest BCUT2D eigenvalue weighted by atomic mass is 35.5. The van der Waals surface area contributed by atoms with Crippen LogP contribution in [0.25, 0.3) is 5.65 Å².